The van der Waals surface area contributed by atoms with Crippen molar-refractivity contribution in [2.45, 2.75) is 32.6 Å². The number of carbonyl (C=O) groups is 1. The minimum Gasteiger partial charge on any atom is -0.462 e. The number of carbonyl (C=O) groups excluding carboxylic acids is 1. The lowest BCUT2D eigenvalue weighted by atomic mass is 10.0. The number of aryl methyl sites for hydroxylation is 2. The van der Waals surface area contributed by atoms with Gasteiger partial charge < -0.3 is 10.5 Å². The molecule has 136 valence electrons. The first-order chi connectivity index (χ1) is 12.6. The Hall–Kier alpha value is -2.67. The molecule has 26 heavy (non-hydrogen) atoms. The summed E-state index contributed by atoms with van der Waals surface area (Å²) in [7, 11) is 0. The first-order valence-corrected chi connectivity index (χ1v) is 9.42. The van der Waals surface area contributed by atoms with Gasteiger partial charge in [0.1, 0.15) is 4.83 Å². The number of ether oxygens (including phenoxy) is 1. The molecule has 0 saturated heterocycles. The summed E-state index contributed by atoms with van der Waals surface area (Å²) in [5.74, 6) is -0.129. The van der Waals surface area contributed by atoms with Gasteiger partial charge in [0.15, 0.2) is 0 Å². The molecule has 0 aliphatic heterocycles. The van der Waals surface area contributed by atoms with Crippen molar-refractivity contribution in [3.8, 4) is 0 Å². The first kappa shape index (κ1) is 18.1. The number of hydrogen-bond donors (Lipinski definition) is 2. The van der Waals surface area contributed by atoms with Crippen molar-refractivity contribution < 1.29 is 9.53 Å². The van der Waals surface area contributed by atoms with E-state index in [2.05, 4.69) is 9.97 Å². The molecule has 0 aliphatic rings. The lowest BCUT2D eigenvalue weighted by Gasteiger charge is -2.04. The van der Waals surface area contributed by atoms with Crippen LogP contribution in [0.15, 0.2) is 35.1 Å². The molecule has 0 radical (unpaired) electrons. The highest BCUT2D eigenvalue weighted by atomic mass is 32.1. The van der Waals surface area contributed by atoms with Crippen LogP contribution in [0.4, 0.5) is 5.95 Å². The molecular weight excluding hydrogens is 350 g/mol. The first-order valence-electron chi connectivity index (χ1n) is 8.61. The fraction of sp³-hybridized carbons (Fsp3) is 0.316. The molecule has 3 aromatic rings. The average molecular weight is 371 g/mol. The summed E-state index contributed by atoms with van der Waals surface area (Å²) in [5.41, 5.74) is 7.17. The van der Waals surface area contributed by atoms with Crippen molar-refractivity contribution in [3.05, 3.63) is 56.7 Å². The number of aromatic nitrogens is 2. The summed E-state index contributed by atoms with van der Waals surface area (Å²) in [5, 5.41) is 0.605. The van der Waals surface area contributed by atoms with Gasteiger partial charge in [-0.1, -0.05) is 12.1 Å². The molecule has 7 heteroatoms. The molecule has 0 atom stereocenters. The van der Waals surface area contributed by atoms with Crippen LogP contribution in [0.2, 0.25) is 0 Å². The number of nitrogens with zero attached hydrogens (tertiary/aromatic N) is 1. The highest BCUT2D eigenvalue weighted by molar-refractivity contribution is 7.18. The summed E-state index contributed by atoms with van der Waals surface area (Å²) in [4.78, 5) is 32.0. The molecule has 0 fully saturated rings. The molecule has 0 saturated carbocycles. The number of esters is 1. The molecule has 0 aliphatic carbocycles. The number of H-pyrrole nitrogens is 1. The second-order valence-corrected chi connectivity index (χ2v) is 7.12. The Morgan fingerprint density at radius 2 is 1.96 bits per heavy atom. The number of nitrogens with two attached hydrogens (primary N) is 1. The number of thiophene rings is 1. The number of aromatic amines is 1. The normalized spacial score (nSPS) is 11.0. The van der Waals surface area contributed by atoms with Crippen LogP contribution >= 0.6 is 11.3 Å². The number of nitrogens with one attached hydrogen (secondary N) is 1. The van der Waals surface area contributed by atoms with Crippen LogP contribution in [0.1, 0.15) is 40.6 Å². The molecule has 3 rings (SSSR count). The van der Waals surface area contributed by atoms with E-state index in [1.807, 2.05) is 30.3 Å². The zero-order valence-electron chi connectivity index (χ0n) is 14.6. The monoisotopic (exact) mass is 371 g/mol. The summed E-state index contributed by atoms with van der Waals surface area (Å²) >= 11 is 1.52. The summed E-state index contributed by atoms with van der Waals surface area (Å²) in [6.45, 7) is 2.18. The SMILES string of the molecule is CCOC(=O)c1ccc(CCCCc2cc3c(=O)[nH]c(N)nc3s2)cc1. The van der Waals surface area contributed by atoms with Crippen LogP contribution in [0.5, 0.6) is 0 Å². The molecule has 2 aromatic heterocycles. The highest BCUT2D eigenvalue weighted by Crippen LogP contribution is 2.23. The van der Waals surface area contributed by atoms with E-state index in [1.54, 1.807) is 6.92 Å². The molecular formula is C19H21N3O3S. The maximum atomic E-state index is 11.8. The van der Waals surface area contributed by atoms with E-state index in [-0.39, 0.29) is 17.5 Å². The second-order valence-electron chi connectivity index (χ2n) is 6.01. The number of unbranched alkanes of at least 4 members (excludes halogenated alkanes) is 1. The summed E-state index contributed by atoms with van der Waals surface area (Å²) < 4.78 is 4.98. The number of fused-ring (bicyclic) bond motifs is 1. The third-order valence-electron chi connectivity index (χ3n) is 4.08. The molecule has 0 bridgehead atoms. The van der Waals surface area contributed by atoms with Crippen LogP contribution in [0.3, 0.4) is 0 Å². The molecule has 0 unspecified atom stereocenters. The Morgan fingerprint density at radius 3 is 2.69 bits per heavy atom. The van der Waals surface area contributed by atoms with Crippen LogP contribution in [0.25, 0.3) is 10.2 Å². The second kappa shape index (κ2) is 8.14. The van der Waals surface area contributed by atoms with E-state index in [1.165, 1.54) is 16.9 Å². The molecule has 0 spiro atoms. The number of hydrogen-bond acceptors (Lipinski definition) is 6. The topological polar surface area (TPSA) is 98.1 Å². The van der Waals surface area contributed by atoms with Crippen molar-refractivity contribution >= 4 is 33.5 Å². The van der Waals surface area contributed by atoms with Crippen molar-refractivity contribution in [1.82, 2.24) is 9.97 Å². The van der Waals surface area contributed by atoms with Gasteiger partial charge in [-0.15, -0.1) is 11.3 Å². The van der Waals surface area contributed by atoms with E-state index in [0.29, 0.717) is 22.4 Å². The fourth-order valence-electron chi connectivity index (χ4n) is 2.77. The minimum atomic E-state index is -0.284. The summed E-state index contributed by atoms with van der Waals surface area (Å²) in [6, 6.07) is 9.46. The van der Waals surface area contributed by atoms with E-state index < -0.39 is 0 Å². The number of anilines is 1. The Kier molecular flexibility index (Phi) is 5.68. The highest BCUT2D eigenvalue weighted by Gasteiger charge is 2.08. The molecule has 1 aromatic carbocycles. The molecule has 6 nitrogen and oxygen atoms in total. The maximum absolute atomic E-state index is 11.8. The van der Waals surface area contributed by atoms with E-state index in [9.17, 15) is 9.59 Å². The average Bonchev–Trinajstić information content (AvgIpc) is 3.02. The Balaban J connectivity index is 1.52. The predicted octanol–water partition coefficient (Wildman–Crippen LogP) is 3.31. The van der Waals surface area contributed by atoms with Gasteiger partial charge in [0.25, 0.3) is 5.56 Å². The molecule has 2 heterocycles. The van der Waals surface area contributed by atoms with Crippen molar-refractivity contribution in [2.24, 2.45) is 0 Å². The van der Waals surface area contributed by atoms with Crippen molar-refractivity contribution in [2.75, 3.05) is 12.3 Å². The van der Waals surface area contributed by atoms with Gasteiger partial charge in [0, 0.05) is 4.88 Å². The van der Waals surface area contributed by atoms with Crippen LogP contribution in [-0.4, -0.2) is 22.5 Å². The van der Waals surface area contributed by atoms with Gasteiger partial charge in [0.05, 0.1) is 17.6 Å². The van der Waals surface area contributed by atoms with Gasteiger partial charge in [0.2, 0.25) is 5.95 Å². The maximum Gasteiger partial charge on any atom is 0.338 e. The Morgan fingerprint density at radius 1 is 1.23 bits per heavy atom. The Bertz CT molecular complexity index is 960. The van der Waals surface area contributed by atoms with Crippen LogP contribution < -0.4 is 11.3 Å². The van der Waals surface area contributed by atoms with Gasteiger partial charge in [-0.25, -0.2) is 9.78 Å². The van der Waals surface area contributed by atoms with Crippen molar-refractivity contribution in [3.63, 3.8) is 0 Å². The standard InChI is InChI=1S/C19H21N3O3S/c1-2-25-18(24)13-9-7-12(8-10-13)5-3-4-6-14-11-15-16(23)21-19(20)22-17(15)26-14/h7-11H,2-6H2,1H3,(H3,20,21,22,23). The quantitative estimate of drug-likeness (QED) is 0.490. The van der Waals surface area contributed by atoms with Crippen LogP contribution in [0, 0.1) is 0 Å². The minimum absolute atomic E-state index is 0.155. The number of rotatable bonds is 7. The zero-order chi connectivity index (χ0) is 18.5. The third-order valence-corrected chi connectivity index (χ3v) is 5.16. The van der Waals surface area contributed by atoms with Crippen molar-refractivity contribution in [1.29, 1.82) is 0 Å². The predicted molar refractivity (Wildman–Crippen MR) is 104 cm³/mol. The van der Waals surface area contributed by atoms with Crippen LogP contribution in [-0.2, 0) is 17.6 Å². The lowest BCUT2D eigenvalue weighted by molar-refractivity contribution is 0.0526. The number of benzene rings is 1. The molecule has 0 amide bonds. The largest absolute Gasteiger partial charge is 0.462 e. The summed E-state index contributed by atoms with van der Waals surface area (Å²) in [6.07, 6.45) is 3.89. The number of nitrogen functional groups attached to an aromatic ring is 1. The lowest BCUT2D eigenvalue weighted by Crippen LogP contribution is -2.09. The van der Waals surface area contributed by atoms with Gasteiger partial charge in [-0.3, -0.25) is 9.78 Å². The third kappa shape index (κ3) is 4.29. The van der Waals surface area contributed by atoms with E-state index in [0.717, 1.165) is 30.6 Å². The Labute approximate surface area is 155 Å². The fourth-order valence-corrected chi connectivity index (χ4v) is 3.85. The van der Waals surface area contributed by atoms with E-state index >= 15 is 0 Å². The van der Waals surface area contributed by atoms with Gasteiger partial charge >= 0.3 is 5.97 Å². The van der Waals surface area contributed by atoms with Gasteiger partial charge in [-0.05, 0) is 56.4 Å². The van der Waals surface area contributed by atoms with E-state index in [4.69, 9.17) is 10.5 Å². The smallest absolute Gasteiger partial charge is 0.338 e. The zero-order valence-corrected chi connectivity index (χ0v) is 15.4. The molecule has 3 N–H and O–H groups in total. The van der Waals surface area contributed by atoms with Gasteiger partial charge in [-0.2, -0.15) is 0 Å².